The third-order valence-electron chi connectivity index (χ3n) is 4.49. The Bertz CT molecular complexity index is 741. The van der Waals surface area contributed by atoms with Gasteiger partial charge < -0.3 is 25.4 Å². The quantitative estimate of drug-likeness (QED) is 0.552. The molecule has 8 nitrogen and oxygen atoms in total. The molecule has 2 atom stereocenters. The molecule has 0 aliphatic heterocycles. The first-order valence-electron chi connectivity index (χ1n) is 10.7. The van der Waals surface area contributed by atoms with Gasteiger partial charge in [-0.05, 0) is 59.1 Å². The average Bonchev–Trinajstić information content (AvgIpc) is 2.67. The van der Waals surface area contributed by atoms with E-state index >= 15 is 0 Å². The summed E-state index contributed by atoms with van der Waals surface area (Å²) in [6.45, 7) is 12.2. The third kappa shape index (κ3) is 8.20. The van der Waals surface area contributed by atoms with Gasteiger partial charge in [0.05, 0.1) is 6.61 Å². The number of carbonyl (C=O) groups excluding carboxylic acids is 3. The smallest absolute Gasteiger partial charge is 0.408 e. The molecule has 0 bridgehead atoms. The van der Waals surface area contributed by atoms with Crippen molar-refractivity contribution in [2.45, 2.75) is 78.6 Å². The van der Waals surface area contributed by atoms with E-state index in [1.807, 2.05) is 45.0 Å². The Morgan fingerprint density at radius 3 is 2.06 bits per heavy atom. The topological polar surface area (TPSA) is 108 Å². The van der Waals surface area contributed by atoms with Gasteiger partial charge in [0.1, 0.15) is 17.7 Å². The number of benzene rings is 1. The zero-order chi connectivity index (χ0) is 23.8. The monoisotopic (exact) mass is 435 g/mol. The van der Waals surface area contributed by atoms with Crippen molar-refractivity contribution in [2.75, 3.05) is 13.2 Å². The largest absolute Gasteiger partial charge is 0.444 e. The Morgan fingerprint density at radius 1 is 1.06 bits per heavy atom. The molecule has 0 saturated heterocycles. The van der Waals surface area contributed by atoms with Gasteiger partial charge in [0.2, 0.25) is 11.8 Å². The highest BCUT2D eigenvalue weighted by Gasteiger charge is 2.35. The molecule has 1 rings (SSSR count). The minimum Gasteiger partial charge on any atom is -0.444 e. The average molecular weight is 436 g/mol. The lowest BCUT2D eigenvalue weighted by Gasteiger charge is -2.33. The van der Waals surface area contributed by atoms with Crippen molar-refractivity contribution in [2.24, 2.45) is 0 Å². The molecular weight excluding hydrogens is 398 g/mol. The van der Waals surface area contributed by atoms with Gasteiger partial charge in [-0.3, -0.25) is 9.59 Å². The molecule has 8 heteroatoms. The number of amides is 3. The van der Waals surface area contributed by atoms with Crippen LogP contribution >= 0.6 is 0 Å². The van der Waals surface area contributed by atoms with E-state index in [4.69, 9.17) is 4.74 Å². The van der Waals surface area contributed by atoms with E-state index in [2.05, 4.69) is 10.6 Å². The number of likely N-dealkylation sites (N-methyl/N-ethyl adjacent to an activating group) is 1. The molecule has 31 heavy (non-hydrogen) atoms. The van der Waals surface area contributed by atoms with Crippen LogP contribution in [-0.4, -0.2) is 58.8 Å². The van der Waals surface area contributed by atoms with Crippen molar-refractivity contribution >= 4 is 17.9 Å². The highest BCUT2D eigenvalue weighted by atomic mass is 16.6. The molecule has 2 unspecified atom stereocenters. The van der Waals surface area contributed by atoms with Crippen LogP contribution in [0.15, 0.2) is 24.3 Å². The Hall–Kier alpha value is -2.61. The van der Waals surface area contributed by atoms with Crippen molar-refractivity contribution in [3.63, 3.8) is 0 Å². The summed E-state index contributed by atoms with van der Waals surface area (Å²) in [5.41, 5.74) is 1.01. The highest BCUT2D eigenvalue weighted by Crippen LogP contribution is 2.23. The fourth-order valence-electron chi connectivity index (χ4n) is 3.07. The summed E-state index contributed by atoms with van der Waals surface area (Å²) in [5, 5.41) is 15.0. The molecular formula is C23H37N3O5. The second kappa shape index (κ2) is 11.7. The van der Waals surface area contributed by atoms with E-state index < -0.39 is 36.3 Å². The minimum absolute atomic E-state index is 0.118. The molecule has 1 aromatic carbocycles. The van der Waals surface area contributed by atoms with Crippen molar-refractivity contribution in [1.29, 1.82) is 0 Å². The molecule has 0 spiro atoms. The Kier molecular flexibility index (Phi) is 9.97. The first-order valence-corrected chi connectivity index (χ1v) is 10.7. The number of alkyl carbamates (subject to hydrolysis) is 1. The molecule has 0 heterocycles. The van der Waals surface area contributed by atoms with E-state index in [-0.39, 0.29) is 18.5 Å². The van der Waals surface area contributed by atoms with Crippen LogP contribution in [0.1, 0.15) is 65.6 Å². The fraction of sp³-hybridized carbons (Fsp3) is 0.609. The summed E-state index contributed by atoms with van der Waals surface area (Å²) in [6.07, 6.45) is 0.0396. The molecule has 0 aliphatic rings. The van der Waals surface area contributed by atoms with Gasteiger partial charge >= 0.3 is 6.09 Å². The normalized spacial score (nSPS) is 13.3. The molecule has 0 aliphatic carbocycles. The van der Waals surface area contributed by atoms with E-state index in [1.165, 1.54) is 4.90 Å². The van der Waals surface area contributed by atoms with Crippen LogP contribution < -0.4 is 10.6 Å². The van der Waals surface area contributed by atoms with E-state index in [1.54, 1.807) is 27.7 Å². The van der Waals surface area contributed by atoms with Gasteiger partial charge in [-0.1, -0.05) is 31.2 Å². The number of aliphatic hydroxyl groups excluding tert-OH is 1. The van der Waals surface area contributed by atoms with Crippen LogP contribution in [0.25, 0.3) is 0 Å². The van der Waals surface area contributed by atoms with Crippen LogP contribution in [0.5, 0.6) is 0 Å². The van der Waals surface area contributed by atoms with Gasteiger partial charge in [-0.15, -0.1) is 0 Å². The van der Waals surface area contributed by atoms with Crippen LogP contribution in [0, 0.1) is 0 Å². The number of nitrogens with one attached hydrogen (secondary N) is 2. The summed E-state index contributed by atoms with van der Waals surface area (Å²) >= 11 is 0. The Morgan fingerprint density at radius 2 is 1.65 bits per heavy atom. The van der Waals surface area contributed by atoms with Crippen LogP contribution in [0.3, 0.4) is 0 Å². The lowest BCUT2D eigenvalue weighted by molar-refractivity contribution is -0.143. The molecule has 0 fully saturated rings. The lowest BCUT2D eigenvalue weighted by Crippen LogP contribution is -2.54. The van der Waals surface area contributed by atoms with Crippen molar-refractivity contribution in [3.8, 4) is 0 Å². The molecule has 3 amide bonds. The number of aliphatic hydroxyl groups is 1. The Balaban J connectivity index is 3.23. The van der Waals surface area contributed by atoms with Gasteiger partial charge in [0.15, 0.2) is 0 Å². The molecule has 174 valence electrons. The number of ether oxygens (including phenoxy) is 1. The van der Waals surface area contributed by atoms with Crippen LogP contribution in [-0.2, 0) is 20.7 Å². The second-order valence-corrected chi connectivity index (χ2v) is 8.67. The number of hydrogen-bond donors (Lipinski definition) is 3. The maximum Gasteiger partial charge on any atom is 0.408 e. The number of carbonyl (C=O) groups is 3. The van der Waals surface area contributed by atoms with Crippen molar-refractivity contribution in [3.05, 3.63) is 35.4 Å². The fourth-order valence-corrected chi connectivity index (χ4v) is 3.07. The van der Waals surface area contributed by atoms with Gasteiger partial charge in [-0.25, -0.2) is 4.79 Å². The first-order chi connectivity index (χ1) is 14.4. The molecule has 0 radical (unpaired) electrons. The number of aryl methyl sites for hydroxylation is 1. The zero-order valence-electron chi connectivity index (χ0n) is 19.7. The molecule has 1 aromatic rings. The lowest BCUT2D eigenvalue weighted by atomic mass is 10.0. The summed E-state index contributed by atoms with van der Waals surface area (Å²) in [4.78, 5) is 39.8. The second-order valence-electron chi connectivity index (χ2n) is 8.67. The summed E-state index contributed by atoms with van der Waals surface area (Å²) < 4.78 is 5.19. The Labute approximate surface area is 185 Å². The standard InChI is InChI=1S/C23H37N3O5/c1-8-16-10-12-17(13-11-16)19(20(28)24-15(3)4)26(9-2)21(29)18(14-27)25-22(30)31-23(5,6)7/h10-13,15,18-19,27H,8-9,14H2,1-7H3,(H,24,28)(H,25,30). The first kappa shape index (κ1) is 26.4. The number of nitrogens with zero attached hydrogens (tertiary/aromatic N) is 1. The predicted octanol–water partition coefficient (Wildman–Crippen LogP) is 2.55. The predicted molar refractivity (Wildman–Crippen MR) is 119 cm³/mol. The maximum atomic E-state index is 13.3. The van der Waals surface area contributed by atoms with Crippen LogP contribution in [0.2, 0.25) is 0 Å². The van der Waals surface area contributed by atoms with Crippen molar-refractivity contribution < 1.29 is 24.2 Å². The molecule has 0 saturated carbocycles. The van der Waals surface area contributed by atoms with E-state index in [0.29, 0.717) is 5.56 Å². The highest BCUT2D eigenvalue weighted by molar-refractivity contribution is 5.92. The third-order valence-corrected chi connectivity index (χ3v) is 4.49. The minimum atomic E-state index is -1.24. The number of rotatable bonds is 9. The molecule has 3 N–H and O–H groups in total. The SMILES string of the molecule is CCc1ccc(C(C(=O)NC(C)C)N(CC)C(=O)C(CO)NC(=O)OC(C)(C)C)cc1. The van der Waals surface area contributed by atoms with E-state index in [0.717, 1.165) is 12.0 Å². The van der Waals surface area contributed by atoms with Crippen molar-refractivity contribution in [1.82, 2.24) is 15.5 Å². The zero-order valence-corrected chi connectivity index (χ0v) is 19.7. The maximum absolute atomic E-state index is 13.3. The van der Waals surface area contributed by atoms with E-state index in [9.17, 15) is 19.5 Å². The van der Waals surface area contributed by atoms with Gasteiger partial charge in [0, 0.05) is 12.6 Å². The number of hydrogen-bond acceptors (Lipinski definition) is 5. The summed E-state index contributed by atoms with van der Waals surface area (Å²) in [7, 11) is 0. The summed E-state index contributed by atoms with van der Waals surface area (Å²) in [5.74, 6) is -0.900. The van der Waals surface area contributed by atoms with Gasteiger partial charge in [-0.2, -0.15) is 0 Å². The summed E-state index contributed by atoms with van der Waals surface area (Å²) in [6, 6.07) is 5.24. The van der Waals surface area contributed by atoms with Crippen LogP contribution in [0.4, 0.5) is 4.79 Å². The molecule has 0 aromatic heterocycles. The van der Waals surface area contributed by atoms with Gasteiger partial charge in [0.25, 0.3) is 0 Å².